The number of carbonyl (C=O) groups is 1. The standard InChI is InChI=1S/C22H24ClN3OS/c1-14-5-2-3-6-16(14)9-15(12-24)10-19(27)21-11-17-20(28-21)7-4-8-26-22(17)18(23)13-25-26/h2-3,5-6,11,13,15H,4,7-10,12,24H2,1H3/t15-/m1/s1. The quantitative estimate of drug-likeness (QED) is 0.584. The lowest BCUT2D eigenvalue weighted by atomic mass is 9.92. The number of aryl methyl sites for hydroxylation is 3. The Balaban J connectivity index is 1.55. The topological polar surface area (TPSA) is 60.9 Å². The van der Waals surface area contributed by atoms with E-state index in [0.717, 1.165) is 41.9 Å². The van der Waals surface area contributed by atoms with Crippen LogP contribution in [0.5, 0.6) is 0 Å². The van der Waals surface area contributed by atoms with Crippen molar-refractivity contribution in [2.75, 3.05) is 6.54 Å². The zero-order valence-corrected chi connectivity index (χ0v) is 17.5. The van der Waals surface area contributed by atoms with Crippen molar-refractivity contribution in [3.05, 3.63) is 62.4 Å². The molecule has 146 valence electrons. The fourth-order valence-corrected chi connectivity index (χ4v) is 5.29. The van der Waals surface area contributed by atoms with Crippen molar-refractivity contribution in [1.29, 1.82) is 0 Å². The maximum absolute atomic E-state index is 13.0. The van der Waals surface area contributed by atoms with Crippen LogP contribution >= 0.6 is 22.9 Å². The molecule has 1 aromatic carbocycles. The zero-order valence-electron chi connectivity index (χ0n) is 16.0. The monoisotopic (exact) mass is 413 g/mol. The summed E-state index contributed by atoms with van der Waals surface area (Å²) in [6, 6.07) is 10.3. The van der Waals surface area contributed by atoms with Gasteiger partial charge in [-0.25, -0.2) is 0 Å². The van der Waals surface area contributed by atoms with Crippen LogP contribution < -0.4 is 5.73 Å². The number of nitrogens with two attached hydrogens (primary N) is 1. The molecule has 28 heavy (non-hydrogen) atoms. The molecule has 3 heterocycles. The third-order valence-electron chi connectivity index (χ3n) is 5.48. The van der Waals surface area contributed by atoms with E-state index >= 15 is 0 Å². The second kappa shape index (κ2) is 8.19. The molecule has 4 nitrogen and oxygen atoms in total. The summed E-state index contributed by atoms with van der Waals surface area (Å²) in [6.07, 6.45) is 4.95. The molecule has 0 radical (unpaired) electrons. The van der Waals surface area contributed by atoms with Crippen molar-refractivity contribution in [3.8, 4) is 11.3 Å². The van der Waals surface area contributed by atoms with Crippen LogP contribution in [0.25, 0.3) is 11.3 Å². The first-order valence-electron chi connectivity index (χ1n) is 9.69. The van der Waals surface area contributed by atoms with Gasteiger partial charge in [-0.2, -0.15) is 5.10 Å². The number of fused-ring (bicyclic) bond motifs is 3. The minimum Gasteiger partial charge on any atom is -0.330 e. The second-order valence-corrected chi connectivity index (χ2v) is 9.02. The molecule has 6 heteroatoms. The number of hydrogen-bond acceptors (Lipinski definition) is 4. The van der Waals surface area contributed by atoms with Gasteiger partial charge in [0, 0.05) is 23.4 Å². The van der Waals surface area contributed by atoms with Crippen molar-refractivity contribution < 1.29 is 4.79 Å². The molecule has 2 N–H and O–H groups in total. The Bertz CT molecular complexity index is 1010. The van der Waals surface area contributed by atoms with Crippen LogP contribution in [0.4, 0.5) is 0 Å². The second-order valence-electron chi connectivity index (χ2n) is 7.47. The van der Waals surface area contributed by atoms with Crippen LogP contribution in [0.1, 0.15) is 38.5 Å². The van der Waals surface area contributed by atoms with Gasteiger partial charge < -0.3 is 5.73 Å². The van der Waals surface area contributed by atoms with Crippen LogP contribution in [0, 0.1) is 12.8 Å². The fourth-order valence-electron chi connectivity index (χ4n) is 3.89. The molecule has 0 saturated heterocycles. The van der Waals surface area contributed by atoms with Gasteiger partial charge in [-0.1, -0.05) is 35.9 Å². The van der Waals surface area contributed by atoms with E-state index in [1.54, 1.807) is 17.5 Å². The van der Waals surface area contributed by atoms with Crippen LogP contribution in [-0.4, -0.2) is 22.1 Å². The van der Waals surface area contributed by atoms with Gasteiger partial charge in [-0.05, 0) is 55.8 Å². The smallest absolute Gasteiger partial charge is 0.173 e. The summed E-state index contributed by atoms with van der Waals surface area (Å²) in [5.74, 6) is 0.314. The van der Waals surface area contributed by atoms with Gasteiger partial charge in [-0.15, -0.1) is 11.3 Å². The molecule has 4 rings (SSSR count). The summed E-state index contributed by atoms with van der Waals surface area (Å²) in [5.41, 5.74) is 10.5. The molecule has 1 aliphatic heterocycles. The molecule has 1 atom stereocenters. The molecule has 0 saturated carbocycles. The average Bonchev–Trinajstić information content (AvgIpc) is 3.22. The summed E-state index contributed by atoms with van der Waals surface area (Å²) >= 11 is 7.98. The van der Waals surface area contributed by atoms with E-state index in [1.165, 1.54) is 16.0 Å². The Labute approximate surface area is 174 Å². The van der Waals surface area contributed by atoms with Gasteiger partial charge in [0.05, 0.1) is 21.8 Å². The van der Waals surface area contributed by atoms with Crippen LogP contribution in [-0.2, 0) is 19.4 Å². The van der Waals surface area contributed by atoms with Crippen molar-refractivity contribution in [2.24, 2.45) is 11.7 Å². The van der Waals surface area contributed by atoms with E-state index in [0.29, 0.717) is 18.0 Å². The fraction of sp³-hybridized carbons (Fsp3) is 0.364. The number of nitrogens with zero attached hydrogens (tertiary/aromatic N) is 2. The van der Waals surface area contributed by atoms with E-state index in [4.69, 9.17) is 17.3 Å². The number of carbonyl (C=O) groups excluding carboxylic acids is 1. The Kier molecular flexibility index (Phi) is 5.67. The number of thiophene rings is 1. The first kappa shape index (κ1) is 19.4. The maximum Gasteiger partial charge on any atom is 0.173 e. The Morgan fingerprint density at radius 3 is 3.00 bits per heavy atom. The highest BCUT2D eigenvalue weighted by molar-refractivity contribution is 7.14. The predicted octanol–water partition coefficient (Wildman–Crippen LogP) is 4.91. The van der Waals surface area contributed by atoms with E-state index in [9.17, 15) is 4.79 Å². The van der Waals surface area contributed by atoms with Crippen molar-refractivity contribution in [1.82, 2.24) is 9.78 Å². The molecular weight excluding hydrogens is 390 g/mol. The van der Waals surface area contributed by atoms with Crippen LogP contribution in [0.2, 0.25) is 5.02 Å². The molecular formula is C22H24ClN3OS. The average molecular weight is 414 g/mol. The molecule has 3 aromatic rings. The first-order valence-corrected chi connectivity index (χ1v) is 10.9. The molecule has 0 bridgehead atoms. The van der Waals surface area contributed by atoms with Gasteiger partial charge in [-0.3, -0.25) is 9.48 Å². The largest absolute Gasteiger partial charge is 0.330 e. The Morgan fingerprint density at radius 1 is 1.39 bits per heavy atom. The number of benzene rings is 1. The molecule has 0 spiro atoms. The van der Waals surface area contributed by atoms with Gasteiger partial charge >= 0.3 is 0 Å². The van der Waals surface area contributed by atoms with E-state index in [-0.39, 0.29) is 11.7 Å². The summed E-state index contributed by atoms with van der Waals surface area (Å²) in [4.78, 5) is 15.1. The third kappa shape index (κ3) is 3.79. The third-order valence-corrected chi connectivity index (χ3v) is 7.00. The number of ketones is 1. The number of aromatic nitrogens is 2. The highest BCUT2D eigenvalue weighted by atomic mass is 35.5. The normalized spacial score (nSPS) is 14.2. The highest BCUT2D eigenvalue weighted by Gasteiger charge is 2.24. The number of rotatable bonds is 6. The minimum atomic E-state index is 0.143. The lowest BCUT2D eigenvalue weighted by Gasteiger charge is -2.15. The van der Waals surface area contributed by atoms with Gasteiger partial charge in [0.25, 0.3) is 0 Å². The summed E-state index contributed by atoms with van der Waals surface area (Å²) in [7, 11) is 0. The minimum absolute atomic E-state index is 0.143. The molecule has 0 unspecified atom stereocenters. The van der Waals surface area contributed by atoms with E-state index in [1.807, 2.05) is 22.9 Å². The maximum atomic E-state index is 13.0. The van der Waals surface area contributed by atoms with Gasteiger partial charge in [0.15, 0.2) is 5.78 Å². The Morgan fingerprint density at radius 2 is 2.21 bits per heavy atom. The van der Waals surface area contributed by atoms with Gasteiger partial charge in [0.1, 0.15) is 0 Å². The lowest BCUT2D eigenvalue weighted by Crippen LogP contribution is -2.20. The lowest BCUT2D eigenvalue weighted by molar-refractivity contribution is 0.0966. The van der Waals surface area contributed by atoms with Gasteiger partial charge in [0.2, 0.25) is 0 Å². The zero-order chi connectivity index (χ0) is 19.7. The van der Waals surface area contributed by atoms with E-state index < -0.39 is 0 Å². The van der Waals surface area contributed by atoms with Crippen molar-refractivity contribution in [2.45, 2.75) is 39.2 Å². The molecule has 0 aliphatic carbocycles. The summed E-state index contributed by atoms with van der Waals surface area (Å²) in [6.45, 7) is 3.47. The van der Waals surface area contributed by atoms with Crippen LogP contribution in [0.15, 0.2) is 36.5 Å². The summed E-state index contributed by atoms with van der Waals surface area (Å²) in [5, 5.41) is 5.03. The molecule has 2 aromatic heterocycles. The highest BCUT2D eigenvalue weighted by Crippen LogP contribution is 2.39. The van der Waals surface area contributed by atoms with Crippen molar-refractivity contribution in [3.63, 3.8) is 0 Å². The molecule has 0 fully saturated rings. The number of halogens is 1. The molecule has 1 aliphatic rings. The van der Waals surface area contributed by atoms with Crippen molar-refractivity contribution >= 4 is 28.7 Å². The number of hydrogen-bond donors (Lipinski definition) is 1. The van der Waals surface area contributed by atoms with E-state index in [2.05, 4.69) is 24.2 Å². The molecule has 0 amide bonds. The van der Waals surface area contributed by atoms with Crippen LogP contribution in [0.3, 0.4) is 0 Å². The predicted molar refractivity (Wildman–Crippen MR) is 115 cm³/mol. The SMILES string of the molecule is Cc1ccccc1C[C@@H](CN)CC(=O)c1cc2c(s1)CCCn1ncc(Cl)c1-2. The Hall–Kier alpha value is -1.95. The number of Topliss-reactive ketones (excluding diaryl/α,β-unsaturated/α-hetero) is 1. The summed E-state index contributed by atoms with van der Waals surface area (Å²) < 4.78 is 1.95. The first-order chi connectivity index (χ1) is 13.6.